The lowest BCUT2D eigenvalue weighted by Gasteiger charge is -2.27. The lowest BCUT2D eigenvalue weighted by Crippen LogP contribution is -2.28. The van der Waals surface area contributed by atoms with E-state index in [0.29, 0.717) is 17.9 Å². The van der Waals surface area contributed by atoms with E-state index >= 15 is 0 Å². The topological polar surface area (TPSA) is 48.5 Å². The molecule has 2 heterocycles. The van der Waals surface area contributed by atoms with Gasteiger partial charge in [0.05, 0.1) is 17.4 Å². The van der Waals surface area contributed by atoms with Gasteiger partial charge in [-0.25, -0.2) is 4.68 Å². The van der Waals surface area contributed by atoms with Gasteiger partial charge in [0.2, 0.25) is 0 Å². The highest BCUT2D eigenvalue weighted by molar-refractivity contribution is 5.12. The van der Waals surface area contributed by atoms with Crippen LogP contribution in [0.5, 0.6) is 0 Å². The first kappa shape index (κ1) is 16.7. The van der Waals surface area contributed by atoms with Crippen molar-refractivity contribution >= 4 is 0 Å². The van der Waals surface area contributed by atoms with Crippen LogP contribution in [0.1, 0.15) is 84.0 Å². The molecule has 0 radical (unpaired) electrons. The monoisotopic (exact) mass is 303 g/mol. The van der Waals surface area contributed by atoms with Gasteiger partial charge in [-0.1, -0.05) is 26.0 Å². The van der Waals surface area contributed by atoms with E-state index in [4.69, 9.17) is 0 Å². The Morgan fingerprint density at radius 2 is 1.77 bits per heavy atom. The average molecular weight is 303 g/mol. The first-order valence-corrected chi connectivity index (χ1v) is 8.17. The van der Waals surface area contributed by atoms with Crippen molar-refractivity contribution in [3.05, 3.63) is 29.8 Å². The largest absolute Gasteiger partial charge is 0.270 e. The van der Waals surface area contributed by atoms with Crippen molar-refractivity contribution in [3.63, 3.8) is 0 Å². The molecule has 0 spiro atoms. The molecule has 0 aromatic carbocycles. The van der Waals surface area contributed by atoms with Gasteiger partial charge in [0.1, 0.15) is 0 Å². The summed E-state index contributed by atoms with van der Waals surface area (Å²) < 4.78 is 4.02. The Balaban J connectivity index is 2.12. The second kappa shape index (κ2) is 6.23. The maximum Gasteiger partial charge on any atom is 0.0852 e. The minimum atomic E-state index is -0.0700. The fourth-order valence-corrected chi connectivity index (χ4v) is 2.69. The van der Waals surface area contributed by atoms with Gasteiger partial charge >= 0.3 is 0 Å². The third-order valence-electron chi connectivity index (χ3n) is 4.25. The summed E-state index contributed by atoms with van der Waals surface area (Å²) in [7, 11) is 0. The van der Waals surface area contributed by atoms with E-state index in [1.54, 1.807) is 0 Å². The fourth-order valence-electron chi connectivity index (χ4n) is 2.69. The zero-order valence-corrected chi connectivity index (χ0v) is 14.9. The van der Waals surface area contributed by atoms with Crippen molar-refractivity contribution in [1.29, 1.82) is 0 Å². The molecule has 22 heavy (non-hydrogen) atoms. The summed E-state index contributed by atoms with van der Waals surface area (Å²) in [6.07, 6.45) is 7.22. The van der Waals surface area contributed by atoms with Crippen molar-refractivity contribution in [2.24, 2.45) is 0 Å². The lowest BCUT2D eigenvalue weighted by molar-refractivity contribution is 0.271. The van der Waals surface area contributed by atoms with Crippen LogP contribution in [0.15, 0.2) is 18.6 Å². The maximum absolute atomic E-state index is 4.45. The predicted molar refractivity (Wildman–Crippen MR) is 89.1 cm³/mol. The first-order valence-electron chi connectivity index (χ1n) is 8.17. The molecule has 0 saturated heterocycles. The van der Waals surface area contributed by atoms with Crippen LogP contribution in [0, 0.1) is 0 Å². The molecule has 5 heteroatoms. The predicted octanol–water partition coefficient (Wildman–Crippen LogP) is 4.11. The molecule has 2 rings (SSSR count). The van der Waals surface area contributed by atoms with Crippen molar-refractivity contribution < 1.29 is 0 Å². The Morgan fingerprint density at radius 3 is 2.27 bits per heavy atom. The molecule has 0 aliphatic heterocycles. The molecule has 0 bridgehead atoms. The van der Waals surface area contributed by atoms with E-state index in [1.807, 2.05) is 15.6 Å². The Hall–Kier alpha value is -1.65. The zero-order valence-electron chi connectivity index (χ0n) is 14.9. The SMILES string of the molecule is CC(C)c1cn(C(C)(C)CC(C)c2cnn(C(C)C)c2)nn1. The first-order chi connectivity index (χ1) is 10.2. The van der Waals surface area contributed by atoms with E-state index in [2.05, 4.69) is 76.3 Å². The molecule has 5 nitrogen and oxygen atoms in total. The molecule has 0 N–H and O–H groups in total. The van der Waals surface area contributed by atoms with E-state index in [0.717, 1.165) is 12.1 Å². The molecule has 0 aliphatic rings. The molecule has 0 saturated carbocycles. The standard InChI is InChI=1S/C17H29N5/c1-12(2)16-11-22(20-19-16)17(6,7)8-14(5)15-9-18-21(10-15)13(3)4/h9-14H,8H2,1-7H3. The smallest absolute Gasteiger partial charge is 0.0852 e. The van der Waals surface area contributed by atoms with Gasteiger partial charge in [0, 0.05) is 18.4 Å². The molecule has 2 aromatic rings. The van der Waals surface area contributed by atoms with Gasteiger partial charge in [-0.3, -0.25) is 4.68 Å². The zero-order chi connectivity index (χ0) is 16.5. The summed E-state index contributed by atoms with van der Waals surface area (Å²) in [6.45, 7) is 15.3. The van der Waals surface area contributed by atoms with Crippen LogP contribution < -0.4 is 0 Å². The molecule has 0 fully saturated rings. The third kappa shape index (κ3) is 3.57. The van der Waals surface area contributed by atoms with E-state index in [9.17, 15) is 0 Å². The van der Waals surface area contributed by atoms with Crippen molar-refractivity contribution in [2.75, 3.05) is 0 Å². The van der Waals surface area contributed by atoms with Gasteiger partial charge < -0.3 is 0 Å². The number of aromatic nitrogens is 5. The average Bonchev–Trinajstić information content (AvgIpc) is 3.08. The quantitative estimate of drug-likeness (QED) is 0.807. The van der Waals surface area contributed by atoms with E-state index in [1.165, 1.54) is 5.56 Å². The highest BCUT2D eigenvalue weighted by Crippen LogP contribution is 2.30. The van der Waals surface area contributed by atoms with Crippen molar-refractivity contribution in [2.45, 2.75) is 78.3 Å². The second-order valence-electron chi connectivity index (χ2n) is 7.51. The Morgan fingerprint density at radius 1 is 1.09 bits per heavy atom. The summed E-state index contributed by atoms with van der Waals surface area (Å²) in [5.41, 5.74) is 2.26. The Bertz CT molecular complexity index is 606. The Kier molecular flexibility index (Phi) is 4.73. The molecular formula is C17H29N5. The summed E-state index contributed by atoms with van der Waals surface area (Å²) in [5, 5.41) is 13.1. The van der Waals surface area contributed by atoms with E-state index in [-0.39, 0.29) is 5.54 Å². The molecule has 122 valence electrons. The van der Waals surface area contributed by atoms with Crippen LogP contribution in [0.4, 0.5) is 0 Å². The highest BCUT2D eigenvalue weighted by Gasteiger charge is 2.26. The van der Waals surface area contributed by atoms with Crippen LogP contribution in [-0.4, -0.2) is 24.8 Å². The molecule has 0 aliphatic carbocycles. The van der Waals surface area contributed by atoms with Gasteiger partial charge in [-0.15, -0.1) is 5.10 Å². The van der Waals surface area contributed by atoms with E-state index < -0.39 is 0 Å². The van der Waals surface area contributed by atoms with Crippen LogP contribution in [0.3, 0.4) is 0 Å². The Labute approximate surface area is 133 Å². The normalized spacial score (nSPS) is 14.0. The molecule has 1 atom stereocenters. The second-order valence-corrected chi connectivity index (χ2v) is 7.51. The fraction of sp³-hybridized carbons (Fsp3) is 0.706. The van der Waals surface area contributed by atoms with Gasteiger partial charge in [-0.2, -0.15) is 5.10 Å². The number of nitrogens with zero attached hydrogens (tertiary/aromatic N) is 5. The summed E-state index contributed by atoms with van der Waals surface area (Å²) >= 11 is 0. The van der Waals surface area contributed by atoms with Crippen LogP contribution in [0.2, 0.25) is 0 Å². The minimum Gasteiger partial charge on any atom is -0.270 e. The maximum atomic E-state index is 4.45. The number of rotatable bonds is 6. The van der Waals surface area contributed by atoms with Gasteiger partial charge in [0.15, 0.2) is 0 Å². The minimum absolute atomic E-state index is 0.0700. The molecular weight excluding hydrogens is 274 g/mol. The highest BCUT2D eigenvalue weighted by atomic mass is 15.4. The van der Waals surface area contributed by atoms with Crippen molar-refractivity contribution in [1.82, 2.24) is 24.8 Å². The summed E-state index contributed by atoms with van der Waals surface area (Å²) in [6, 6.07) is 0.401. The van der Waals surface area contributed by atoms with Crippen LogP contribution in [-0.2, 0) is 5.54 Å². The van der Waals surface area contributed by atoms with Gasteiger partial charge in [0.25, 0.3) is 0 Å². The van der Waals surface area contributed by atoms with Gasteiger partial charge in [-0.05, 0) is 51.5 Å². The number of hydrogen-bond acceptors (Lipinski definition) is 3. The molecule has 0 amide bonds. The molecule has 1 unspecified atom stereocenters. The van der Waals surface area contributed by atoms with Crippen LogP contribution in [0.25, 0.3) is 0 Å². The lowest BCUT2D eigenvalue weighted by atomic mass is 9.88. The molecule has 2 aromatic heterocycles. The summed E-state index contributed by atoms with van der Waals surface area (Å²) in [5.74, 6) is 0.834. The van der Waals surface area contributed by atoms with Crippen LogP contribution >= 0.6 is 0 Å². The van der Waals surface area contributed by atoms with Crippen molar-refractivity contribution in [3.8, 4) is 0 Å². The number of hydrogen-bond donors (Lipinski definition) is 0. The summed E-state index contributed by atoms with van der Waals surface area (Å²) in [4.78, 5) is 0. The third-order valence-corrected chi connectivity index (χ3v) is 4.25.